The quantitative estimate of drug-likeness (QED) is 0.594. The lowest BCUT2D eigenvalue weighted by atomic mass is 9.99. The highest BCUT2D eigenvalue weighted by molar-refractivity contribution is 14.1. The van der Waals surface area contributed by atoms with E-state index in [0.717, 1.165) is 20.1 Å². The second kappa shape index (κ2) is 5.72. The Balaban J connectivity index is 2.02. The molecule has 3 aromatic carbocycles. The molecule has 1 atom stereocenters. The molecule has 0 radical (unpaired) electrons. The van der Waals surface area contributed by atoms with Crippen LogP contribution in [0.3, 0.4) is 0 Å². The molecule has 3 aromatic rings. The zero-order valence-electron chi connectivity index (χ0n) is 10.6. The zero-order valence-corrected chi connectivity index (χ0v) is 13.5. The highest BCUT2D eigenvalue weighted by atomic mass is 127. The van der Waals surface area contributed by atoms with E-state index in [0.29, 0.717) is 5.02 Å². The van der Waals surface area contributed by atoms with E-state index >= 15 is 0 Å². The molecule has 0 saturated heterocycles. The van der Waals surface area contributed by atoms with Crippen LogP contribution >= 0.6 is 34.2 Å². The summed E-state index contributed by atoms with van der Waals surface area (Å²) in [6, 6.07) is 19.8. The van der Waals surface area contributed by atoms with Crippen molar-refractivity contribution < 1.29 is 5.11 Å². The predicted molar refractivity (Wildman–Crippen MR) is 92.2 cm³/mol. The summed E-state index contributed by atoms with van der Waals surface area (Å²) >= 11 is 8.30. The molecule has 0 aliphatic rings. The van der Waals surface area contributed by atoms with Crippen LogP contribution in [0, 0.1) is 3.57 Å². The number of rotatable bonds is 2. The van der Waals surface area contributed by atoms with E-state index in [1.807, 2.05) is 54.6 Å². The third-order valence-corrected chi connectivity index (χ3v) is 4.92. The van der Waals surface area contributed by atoms with E-state index in [1.165, 1.54) is 5.39 Å². The van der Waals surface area contributed by atoms with Crippen molar-refractivity contribution in [3.8, 4) is 0 Å². The maximum absolute atomic E-state index is 10.5. The van der Waals surface area contributed by atoms with Gasteiger partial charge >= 0.3 is 0 Å². The van der Waals surface area contributed by atoms with Crippen LogP contribution in [-0.4, -0.2) is 5.11 Å². The van der Waals surface area contributed by atoms with Gasteiger partial charge in [-0.3, -0.25) is 0 Å². The molecule has 0 fully saturated rings. The summed E-state index contributed by atoms with van der Waals surface area (Å²) in [7, 11) is 0. The Morgan fingerprint density at radius 1 is 0.850 bits per heavy atom. The van der Waals surface area contributed by atoms with Gasteiger partial charge in [0.15, 0.2) is 0 Å². The Labute approximate surface area is 136 Å². The predicted octanol–water partition coefficient (Wildman–Crippen LogP) is 5.18. The van der Waals surface area contributed by atoms with Gasteiger partial charge in [-0.25, -0.2) is 0 Å². The normalized spacial score (nSPS) is 12.6. The van der Waals surface area contributed by atoms with Crippen molar-refractivity contribution >= 4 is 45.0 Å². The van der Waals surface area contributed by atoms with Crippen LogP contribution in [0.15, 0.2) is 60.7 Å². The minimum absolute atomic E-state index is 0.658. The summed E-state index contributed by atoms with van der Waals surface area (Å²) in [5, 5.41) is 13.5. The number of aliphatic hydroxyl groups excluding tert-OH is 1. The lowest BCUT2D eigenvalue weighted by molar-refractivity contribution is 0.220. The van der Waals surface area contributed by atoms with Crippen molar-refractivity contribution in [2.75, 3.05) is 0 Å². The lowest BCUT2D eigenvalue weighted by Gasteiger charge is -2.13. The van der Waals surface area contributed by atoms with Crippen molar-refractivity contribution in [2.45, 2.75) is 6.10 Å². The van der Waals surface area contributed by atoms with Crippen LogP contribution in [0.25, 0.3) is 10.8 Å². The fourth-order valence-corrected chi connectivity index (χ4v) is 2.78. The van der Waals surface area contributed by atoms with E-state index in [2.05, 4.69) is 28.7 Å². The topological polar surface area (TPSA) is 20.2 Å². The molecule has 20 heavy (non-hydrogen) atoms. The average molecular weight is 395 g/mol. The van der Waals surface area contributed by atoms with E-state index in [4.69, 9.17) is 11.6 Å². The second-order valence-electron chi connectivity index (χ2n) is 4.68. The fraction of sp³-hybridized carbons (Fsp3) is 0.0588. The lowest BCUT2D eigenvalue weighted by Crippen LogP contribution is -1.99. The second-order valence-corrected chi connectivity index (χ2v) is 6.25. The molecule has 1 nitrogen and oxygen atoms in total. The molecule has 0 heterocycles. The minimum Gasteiger partial charge on any atom is -0.384 e. The Morgan fingerprint density at radius 2 is 1.50 bits per heavy atom. The fourth-order valence-electron chi connectivity index (χ4n) is 2.25. The van der Waals surface area contributed by atoms with Gasteiger partial charge in [-0.2, -0.15) is 0 Å². The maximum Gasteiger partial charge on any atom is 0.104 e. The van der Waals surface area contributed by atoms with Gasteiger partial charge in [0, 0.05) is 3.57 Å². The summed E-state index contributed by atoms with van der Waals surface area (Å²) < 4.78 is 0.985. The van der Waals surface area contributed by atoms with Crippen LogP contribution < -0.4 is 0 Å². The van der Waals surface area contributed by atoms with Crippen LogP contribution in [-0.2, 0) is 0 Å². The molecular weight excluding hydrogens is 383 g/mol. The van der Waals surface area contributed by atoms with Gasteiger partial charge in [0.25, 0.3) is 0 Å². The summed E-state index contributed by atoms with van der Waals surface area (Å²) in [5.41, 5.74) is 1.69. The first-order valence-electron chi connectivity index (χ1n) is 6.27. The average Bonchev–Trinajstić information content (AvgIpc) is 2.49. The van der Waals surface area contributed by atoms with Crippen molar-refractivity contribution in [2.24, 2.45) is 0 Å². The van der Waals surface area contributed by atoms with Gasteiger partial charge in [-0.15, -0.1) is 0 Å². The molecule has 0 spiro atoms. The highest BCUT2D eigenvalue weighted by Gasteiger charge is 2.12. The number of halogens is 2. The third-order valence-electron chi connectivity index (χ3n) is 3.35. The summed E-state index contributed by atoms with van der Waals surface area (Å²) in [4.78, 5) is 0. The van der Waals surface area contributed by atoms with Gasteiger partial charge in [0.05, 0.1) is 5.02 Å². The molecule has 0 aliphatic heterocycles. The number of aliphatic hydroxyl groups is 1. The summed E-state index contributed by atoms with van der Waals surface area (Å²) in [6.07, 6.45) is -0.658. The number of benzene rings is 3. The highest BCUT2D eigenvalue weighted by Crippen LogP contribution is 2.28. The largest absolute Gasteiger partial charge is 0.384 e. The molecule has 100 valence electrons. The van der Waals surface area contributed by atoms with Crippen molar-refractivity contribution in [3.63, 3.8) is 0 Å². The molecular formula is C17H12ClIO. The summed E-state index contributed by atoms with van der Waals surface area (Å²) in [5.74, 6) is 0. The van der Waals surface area contributed by atoms with Crippen molar-refractivity contribution in [1.29, 1.82) is 0 Å². The maximum atomic E-state index is 10.5. The van der Waals surface area contributed by atoms with Crippen LogP contribution in [0.1, 0.15) is 17.2 Å². The molecule has 1 N–H and O–H groups in total. The SMILES string of the molecule is OC(c1ccc(I)c(Cl)c1)c1ccc2ccccc2c1. The molecule has 0 aliphatic carbocycles. The van der Waals surface area contributed by atoms with E-state index in [1.54, 1.807) is 0 Å². The standard InChI is InChI=1S/C17H12ClIO/c18-15-10-14(7-8-16(15)19)17(20)13-6-5-11-3-1-2-4-12(11)9-13/h1-10,17,20H. The molecule has 0 amide bonds. The molecule has 3 rings (SSSR count). The number of hydrogen-bond donors (Lipinski definition) is 1. The Kier molecular flexibility index (Phi) is 3.96. The number of hydrogen-bond acceptors (Lipinski definition) is 1. The molecule has 3 heteroatoms. The van der Waals surface area contributed by atoms with Crippen LogP contribution in [0.4, 0.5) is 0 Å². The smallest absolute Gasteiger partial charge is 0.104 e. The molecule has 0 bridgehead atoms. The zero-order chi connectivity index (χ0) is 14.1. The molecule has 1 unspecified atom stereocenters. The first-order valence-corrected chi connectivity index (χ1v) is 7.72. The summed E-state index contributed by atoms with van der Waals surface area (Å²) in [6.45, 7) is 0. The van der Waals surface area contributed by atoms with Gasteiger partial charge in [0.1, 0.15) is 6.10 Å². The van der Waals surface area contributed by atoms with Crippen molar-refractivity contribution in [3.05, 3.63) is 80.4 Å². The van der Waals surface area contributed by atoms with Gasteiger partial charge in [-0.05, 0) is 62.7 Å². The molecule has 0 aromatic heterocycles. The van der Waals surface area contributed by atoms with E-state index in [-0.39, 0.29) is 0 Å². The van der Waals surface area contributed by atoms with Crippen molar-refractivity contribution in [1.82, 2.24) is 0 Å². The van der Waals surface area contributed by atoms with Crippen LogP contribution in [0.5, 0.6) is 0 Å². The van der Waals surface area contributed by atoms with Crippen LogP contribution in [0.2, 0.25) is 5.02 Å². The van der Waals surface area contributed by atoms with Gasteiger partial charge in [0.2, 0.25) is 0 Å². The van der Waals surface area contributed by atoms with Gasteiger partial charge in [-0.1, -0.05) is 54.1 Å². The van der Waals surface area contributed by atoms with E-state index in [9.17, 15) is 5.11 Å². The first-order chi connectivity index (χ1) is 9.65. The Hall–Kier alpha value is -1.10. The number of fused-ring (bicyclic) bond motifs is 1. The first kappa shape index (κ1) is 13.9. The van der Waals surface area contributed by atoms with Gasteiger partial charge < -0.3 is 5.11 Å². The minimum atomic E-state index is -0.658. The third kappa shape index (κ3) is 2.68. The van der Waals surface area contributed by atoms with E-state index < -0.39 is 6.10 Å². The Morgan fingerprint density at radius 3 is 2.25 bits per heavy atom. The monoisotopic (exact) mass is 394 g/mol. The molecule has 0 saturated carbocycles. The Bertz CT molecular complexity index is 770.